The highest BCUT2D eigenvalue weighted by Gasteiger charge is 2.23. The van der Waals surface area contributed by atoms with Gasteiger partial charge in [0.15, 0.2) is 0 Å². The summed E-state index contributed by atoms with van der Waals surface area (Å²) in [4.78, 5) is 4.68. The number of thioether (sulfide) groups is 1. The molecule has 2 heterocycles. The molecule has 0 saturated carbocycles. The first-order chi connectivity index (χ1) is 8.31. The molecule has 0 radical (unpaired) electrons. The van der Waals surface area contributed by atoms with Crippen molar-refractivity contribution in [2.45, 2.75) is 18.1 Å². The van der Waals surface area contributed by atoms with Crippen molar-refractivity contribution in [2.75, 3.05) is 5.75 Å². The van der Waals surface area contributed by atoms with Crippen molar-refractivity contribution in [2.24, 2.45) is 7.05 Å². The highest BCUT2D eigenvalue weighted by Crippen LogP contribution is 2.40. The smallest absolute Gasteiger partial charge is 0.122 e. The number of rotatable bonds is 1. The summed E-state index contributed by atoms with van der Waals surface area (Å²) in [5, 5.41) is 9.60. The van der Waals surface area contributed by atoms with Crippen LogP contribution in [0.15, 0.2) is 18.2 Å². The highest BCUT2D eigenvalue weighted by molar-refractivity contribution is 7.99. The maximum Gasteiger partial charge on any atom is 0.122 e. The summed E-state index contributed by atoms with van der Waals surface area (Å²) in [6.07, 6.45) is 2.47. The fourth-order valence-electron chi connectivity index (χ4n) is 2.39. The van der Waals surface area contributed by atoms with Gasteiger partial charge in [-0.1, -0.05) is 6.07 Å². The van der Waals surface area contributed by atoms with Crippen LogP contribution in [0.25, 0.3) is 11.0 Å². The molecule has 0 bridgehead atoms. The number of benzene rings is 1. The Hall–Kier alpha value is -1.47. The fourth-order valence-corrected chi connectivity index (χ4v) is 3.70. The molecule has 1 saturated heterocycles. The number of aryl methyl sites for hydroxylation is 1. The number of nitriles is 1. The Labute approximate surface area is 104 Å². The Balaban J connectivity index is 2.21. The molecule has 0 aliphatic carbocycles. The van der Waals surface area contributed by atoms with Crippen LogP contribution in [0.5, 0.6) is 0 Å². The summed E-state index contributed by atoms with van der Waals surface area (Å²) in [6.45, 7) is 0. The van der Waals surface area contributed by atoms with Gasteiger partial charge in [-0.05, 0) is 30.7 Å². The maximum absolute atomic E-state index is 9.10. The van der Waals surface area contributed by atoms with E-state index in [1.165, 1.54) is 18.6 Å². The molecule has 86 valence electrons. The van der Waals surface area contributed by atoms with Gasteiger partial charge in [-0.2, -0.15) is 17.0 Å². The van der Waals surface area contributed by atoms with E-state index < -0.39 is 0 Å². The summed E-state index contributed by atoms with van der Waals surface area (Å²) < 4.78 is 2.14. The van der Waals surface area contributed by atoms with Crippen molar-refractivity contribution in [3.8, 4) is 6.07 Å². The van der Waals surface area contributed by atoms with E-state index in [2.05, 4.69) is 15.6 Å². The molecule has 1 unspecified atom stereocenters. The van der Waals surface area contributed by atoms with Crippen molar-refractivity contribution < 1.29 is 0 Å². The average molecular weight is 243 g/mol. The molecular formula is C13H13N3S. The second-order valence-electron chi connectivity index (χ2n) is 4.32. The minimum atomic E-state index is 0.499. The van der Waals surface area contributed by atoms with Gasteiger partial charge < -0.3 is 4.57 Å². The van der Waals surface area contributed by atoms with E-state index in [4.69, 9.17) is 5.26 Å². The second-order valence-corrected chi connectivity index (χ2v) is 5.63. The van der Waals surface area contributed by atoms with E-state index in [1.54, 1.807) is 0 Å². The van der Waals surface area contributed by atoms with Crippen LogP contribution in [0.1, 0.15) is 29.5 Å². The molecule has 0 N–H and O–H groups in total. The zero-order chi connectivity index (χ0) is 11.8. The zero-order valence-corrected chi connectivity index (χ0v) is 10.5. The first kappa shape index (κ1) is 10.7. The van der Waals surface area contributed by atoms with Gasteiger partial charge in [0.25, 0.3) is 0 Å². The number of hydrogen-bond acceptors (Lipinski definition) is 3. The molecule has 1 aromatic heterocycles. The SMILES string of the molecule is Cn1c(C2CCCS2)nc2c(C#N)cccc21. The van der Waals surface area contributed by atoms with Gasteiger partial charge in [0.1, 0.15) is 17.4 Å². The summed E-state index contributed by atoms with van der Waals surface area (Å²) in [5.74, 6) is 2.34. The molecule has 2 aromatic rings. The summed E-state index contributed by atoms with van der Waals surface area (Å²) in [7, 11) is 2.05. The van der Waals surface area contributed by atoms with Gasteiger partial charge in [-0.3, -0.25) is 0 Å². The molecule has 1 aliphatic rings. The lowest BCUT2D eigenvalue weighted by molar-refractivity contribution is 0.737. The topological polar surface area (TPSA) is 41.6 Å². The quantitative estimate of drug-likeness (QED) is 0.773. The number of nitrogens with zero attached hydrogens (tertiary/aromatic N) is 3. The van der Waals surface area contributed by atoms with Crippen LogP contribution in [-0.4, -0.2) is 15.3 Å². The third-order valence-corrected chi connectivity index (χ3v) is 4.66. The van der Waals surface area contributed by atoms with Crippen molar-refractivity contribution in [1.82, 2.24) is 9.55 Å². The van der Waals surface area contributed by atoms with E-state index in [-0.39, 0.29) is 0 Å². The van der Waals surface area contributed by atoms with Crippen LogP contribution in [0.3, 0.4) is 0 Å². The molecule has 1 aromatic carbocycles. The van der Waals surface area contributed by atoms with Crippen LogP contribution in [0.2, 0.25) is 0 Å². The molecule has 17 heavy (non-hydrogen) atoms. The van der Waals surface area contributed by atoms with Gasteiger partial charge in [-0.15, -0.1) is 0 Å². The summed E-state index contributed by atoms with van der Waals surface area (Å²) in [6, 6.07) is 8.01. The third-order valence-electron chi connectivity index (χ3n) is 3.28. The minimum absolute atomic E-state index is 0.499. The Morgan fingerprint density at radius 1 is 1.53 bits per heavy atom. The number of aromatic nitrogens is 2. The Morgan fingerprint density at radius 3 is 3.12 bits per heavy atom. The largest absolute Gasteiger partial charge is 0.330 e. The monoisotopic (exact) mass is 243 g/mol. The zero-order valence-electron chi connectivity index (χ0n) is 9.68. The van der Waals surface area contributed by atoms with Crippen molar-refractivity contribution in [3.63, 3.8) is 0 Å². The maximum atomic E-state index is 9.10. The molecule has 0 amide bonds. The van der Waals surface area contributed by atoms with Crippen LogP contribution in [-0.2, 0) is 7.05 Å². The van der Waals surface area contributed by atoms with E-state index in [0.717, 1.165) is 16.9 Å². The van der Waals surface area contributed by atoms with Crippen LogP contribution >= 0.6 is 11.8 Å². The Bertz CT molecular complexity index is 603. The van der Waals surface area contributed by atoms with E-state index >= 15 is 0 Å². The molecule has 1 atom stereocenters. The molecule has 1 aliphatic heterocycles. The molecule has 3 rings (SSSR count). The first-order valence-corrected chi connectivity index (χ1v) is 6.83. The molecule has 1 fully saturated rings. The van der Waals surface area contributed by atoms with Gasteiger partial charge >= 0.3 is 0 Å². The lowest BCUT2D eigenvalue weighted by Gasteiger charge is -2.07. The van der Waals surface area contributed by atoms with Crippen molar-refractivity contribution in [1.29, 1.82) is 5.26 Å². The molecule has 0 spiro atoms. The van der Waals surface area contributed by atoms with Gasteiger partial charge in [-0.25, -0.2) is 4.98 Å². The average Bonchev–Trinajstić information content (AvgIpc) is 2.97. The first-order valence-electron chi connectivity index (χ1n) is 5.78. The second kappa shape index (κ2) is 4.08. The summed E-state index contributed by atoms with van der Waals surface area (Å²) in [5.41, 5.74) is 2.58. The van der Waals surface area contributed by atoms with E-state index in [0.29, 0.717) is 10.8 Å². The van der Waals surface area contributed by atoms with Crippen LogP contribution in [0, 0.1) is 11.3 Å². The lowest BCUT2D eigenvalue weighted by Crippen LogP contribution is -2.00. The van der Waals surface area contributed by atoms with Gasteiger partial charge in [0.2, 0.25) is 0 Å². The molecule has 3 nitrogen and oxygen atoms in total. The number of imidazole rings is 1. The normalized spacial score (nSPS) is 19.6. The standard InChI is InChI=1S/C13H13N3S/c1-16-10-5-2-4-9(8-14)12(10)15-13(16)11-6-3-7-17-11/h2,4-5,11H,3,6-7H2,1H3. The van der Waals surface area contributed by atoms with E-state index in [9.17, 15) is 0 Å². The van der Waals surface area contributed by atoms with Crippen molar-refractivity contribution in [3.05, 3.63) is 29.6 Å². The van der Waals surface area contributed by atoms with Gasteiger partial charge in [0, 0.05) is 7.05 Å². The van der Waals surface area contributed by atoms with E-state index in [1.807, 2.05) is 37.0 Å². The highest BCUT2D eigenvalue weighted by atomic mass is 32.2. The van der Waals surface area contributed by atoms with Crippen LogP contribution in [0.4, 0.5) is 0 Å². The molecule has 4 heteroatoms. The van der Waals surface area contributed by atoms with Gasteiger partial charge in [0.05, 0.1) is 16.3 Å². The third kappa shape index (κ3) is 1.62. The number of para-hydroxylation sites is 1. The Morgan fingerprint density at radius 2 is 2.41 bits per heavy atom. The predicted octanol–water partition coefficient (Wildman–Crippen LogP) is 3.01. The Kier molecular flexibility index (Phi) is 2.56. The summed E-state index contributed by atoms with van der Waals surface area (Å²) >= 11 is 1.97. The van der Waals surface area contributed by atoms with Crippen molar-refractivity contribution >= 4 is 22.8 Å². The fraction of sp³-hybridized carbons (Fsp3) is 0.385. The van der Waals surface area contributed by atoms with Crippen LogP contribution < -0.4 is 0 Å². The predicted molar refractivity (Wildman–Crippen MR) is 69.9 cm³/mol. The lowest BCUT2D eigenvalue weighted by atomic mass is 10.2. The number of hydrogen-bond donors (Lipinski definition) is 0. The minimum Gasteiger partial charge on any atom is -0.330 e. The molecular weight excluding hydrogens is 230 g/mol. The number of fused-ring (bicyclic) bond motifs is 1.